The van der Waals surface area contributed by atoms with Gasteiger partial charge in [0.25, 0.3) is 5.91 Å². The fourth-order valence-electron chi connectivity index (χ4n) is 5.65. The Kier molecular flexibility index (Phi) is 8.26. The van der Waals surface area contributed by atoms with Gasteiger partial charge in [0.15, 0.2) is 0 Å². The lowest BCUT2D eigenvalue weighted by Crippen LogP contribution is -2.32. The van der Waals surface area contributed by atoms with E-state index < -0.39 is 10.0 Å². The average molecular weight is 564 g/mol. The number of amides is 1. The van der Waals surface area contributed by atoms with Crippen LogP contribution in [0.15, 0.2) is 60.8 Å². The molecule has 9 heteroatoms. The molecule has 3 atom stereocenters. The number of carbonyl (C=O) groups is 1. The van der Waals surface area contributed by atoms with Gasteiger partial charge in [-0.15, -0.1) is 0 Å². The van der Waals surface area contributed by atoms with Crippen LogP contribution in [0.25, 0.3) is 0 Å². The minimum Gasteiger partial charge on any atom is -0.486 e. The van der Waals surface area contributed by atoms with Crippen LogP contribution >= 0.6 is 0 Å². The minimum absolute atomic E-state index is 0.0434. The summed E-state index contributed by atoms with van der Waals surface area (Å²) >= 11 is 0. The van der Waals surface area contributed by atoms with Crippen LogP contribution in [0, 0.1) is 20.8 Å². The zero-order valence-corrected chi connectivity index (χ0v) is 24.4. The second-order valence-corrected chi connectivity index (χ2v) is 12.8. The van der Waals surface area contributed by atoms with Gasteiger partial charge in [0.1, 0.15) is 18.0 Å². The van der Waals surface area contributed by atoms with Crippen molar-refractivity contribution in [3.05, 3.63) is 94.3 Å². The van der Waals surface area contributed by atoms with Crippen molar-refractivity contribution in [2.75, 3.05) is 26.7 Å². The summed E-state index contributed by atoms with van der Waals surface area (Å²) in [4.78, 5) is 19.4. The fraction of sp³-hybridized carbons (Fsp3) is 0.419. The number of aromatic nitrogens is 1. The Labute approximate surface area is 237 Å². The van der Waals surface area contributed by atoms with Crippen LogP contribution < -0.4 is 4.74 Å². The Balaban J connectivity index is 1.28. The molecule has 3 aromatic rings. The van der Waals surface area contributed by atoms with E-state index in [2.05, 4.69) is 4.98 Å². The highest BCUT2D eigenvalue weighted by Crippen LogP contribution is 2.35. The van der Waals surface area contributed by atoms with Gasteiger partial charge >= 0.3 is 0 Å². The van der Waals surface area contributed by atoms with Gasteiger partial charge in [-0.25, -0.2) is 8.42 Å². The van der Waals surface area contributed by atoms with E-state index in [-0.39, 0.29) is 29.9 Å². The molecule has 1 unspecified atom stereocenters. The molecule has 3 heterocycles. The summed E-state index contributed by atoms with van der Waals surface area (Å²) in [6, 6.07) is 16.8. The first kappa shape index (κ1) is 28.3. The van der Waals surface area contributed by atoms with Crippen molar-refractivity contribution in [1.82, 2.24) is 14.2 Å². The third kappa shape index (κ3) is 6.06. The predicted octanol–water partition coefficient (Wildman–Crippen LogP) is 4.59. The molecule has 212 valence electrons. The summed E-state index contributed by atoms with van der Waals surface area (Å²) in [7, 11) is -1.95. The van der Waals surface area contributed by atoms with Gasteiger partial charge in [0, 0.05) is 31.1 Å². The molecule has 2 aliphatic rings. The molecular formula is C31H37N3O5S. The molecule has 0 bridgehead atoms. The zero-order valence-electron chi connectivity index (χ0n) is 23.5. The minimum atomic E-state index is -3.57. The summed E-state index contributed by atoms with van der Waals surface area (Å²) in [5, 5.41) is 0. The zero-order chi connectivity index (χ0) is 28.4. The normalized spacial score (nSPS) is 21.6. The van der Waals surface area contributed by atoms with Gasteiger partial charge < -0.3 is 14.4 Å². The molecule has 5 rings (SSSR count). The highest BCUT2D eigenvalue weighted by molar-refractivity contribution is 7.88. The third-order valence-corrected chi connectivity index (χ3v) is 9.69. The van der Waals surface area contributed by atoms with Crippen LogP contribution in [0.2, 0.25) is 0 Å². The molecule has 2 fully saturated rings. The van der Waals surface area contributed by atoms with E-state index in [1.807, 2.05) is 63.2 Å². The van der Waals surface area contributed by atoms with E-state index in [1.54, 1.807) is 34.6 Å². The van der Waals surface area contributed by atoms with Crippen molar-refractivity contribution >= 4 is 15.9 Å². The van der Waals surface area contributed by atoms with Crippen molar-refractivity contribution in [3.63, 3.8) is 0 Å². The molecule has 40 heavy (non-hydrogen) atoms. The monoisotopic (exact) mass is 563 g/mol. The van der Waals surface area contributed by atoms with Crippen LogP contribution in [0.3, 0.4) is 0 Å². The second-order valence-electron chi connectivity index (χ2n) is 10.9. The first-order valence-electron chi connectivity index (χ1n) is 13.7. The number of aryl methyl sites for hydroxylation is 3. The SMILES string of the molecule is CO[C@@H]1CN(C(=O)c2cc(C)ccc2C)C[C@H]1Oc1cccc(CS(=O)(=O)N2CCCC2c2ccc(C)nc2)c1. The first-order valence-corrected chi connectivity index (χ1v) is 15.3. The quantitative estimate of drug-likeness (QED) is 0.398. The molecule has 1 amide bonds. The Bertz CT molecular complexity index is 1470. The lowest BCUT2D eigenvalue weighted by Gasteiger charge is -2.24. The van der Waals surface area contributed by atoms with Gasteiger partial charge in [-0.1, -0.05) is 35.9 Å². The maximum Gasteiger partial charge on any atom is 0.254 e. The molecule has 0 radical (unpaired) electrons. The molecule has 8 nitrogen and oxygen atoms in total. The van der Waals surface area contributed by atoms with E-state index in [0.717, 1.165) is 35.2 Å². The lowest BCUT2D eigenvalue weighted by molar-refractivity contribution is 0.0339. The maximum absolute atomic E-state index is 13.5. The van der Waals surface area contributed by atoms with Crippen molar-refractivity contribution in [3.8, 4) is 5.75 Å². The fourth-order valence-corrected chi connectivity index (χ4v) is 7.43. The Morgan fingerprint density at radius 1 is 1.02 bits per heavy atom. The van der Waals surface area contributed by atoms with Crippen LogP contribution in [0.1, 0.15) is 57.2 Å². The largest absolute Gasteiger partial charge is 0.486 e. The predicted molar refractivity (Wildman–Crippen MR) is 154 cm³/mol. The summed E-state index contributed by atoms with van der Waals surface area (Å²) in [5.74, 6) is 0.398. The molecule has 2 saturated heterocycles. The molecule has 0 saturated carbocycles. The number of pyridine rings is 1. The Morgan fingerprint density at radius 2 is 1.82 bits per heavy atom. The number of nitrogens with zero attached hydrogens (tertiary/aromatic N) is 3. The summed E-state index contributed by atoms with van der Waals surface area (Å²) in [6.07, 6.45) is 2.71. The van der Waals surface area contributed by atoms with Crippen LogP contribution in [0.4, 0.5) is 0 Å². The van der Waals surface area contributed by atoms with Crippen LogP contribution in [-0.4, -0.2) is 67.5 Å². The summed E-state index contributed by atoms with van der Waals surface area (Å²) in [6.45, 7) is 7.13. The number of hydrogen-bond acceptors (Lipinski definition) is 6. The van der Waals surface area contributed by atoms with Crippen LogP contribution in [0.5, 0.6) is 5.75 Å². The molecule has 1 aromatic heterocycles. The van der Waals surface area contributed by atoms with Gasteiger partial charge in [0.2, 0.25) is 10.0 Å². The molecular weight excluding hydrogens is 526 g/mol. The topological polar surface area (TPSA) is 89.0 Å². The molecule has 0 spiro atoms. The third-order valence-electron chi connectivity index (χ3n) is 7.84. The Morgan fingerprint density at radius 3 is 2.58 bits per heavy atom. The number of ether oxygens (including phenoxy) is 2. The molecule has 2 aliphatic heterocycles. The smallest absolute Gasteiger partial charge is 0.254 e. The first-order chi connectivity index (χ1) is 19.1. The van der Waals surface area contributed by atoms with Crippen molar-refractivity contribution in [1.29, 1.82) is 0 Å². The summed E-state index contributed by atoms with van der Waals surface area (Å²) < 4.78 is 40.6. The average Bonchev–Trinajstić information content (AvgIpc) is 3.58. The number of benzene rings is 2. The lowest BCUT2D eigenvalue weighted by atomic mass is 10.0. The summed E-state index contributed by atoms with van der Waals surface area (Å²) in [5.41, 5.74) is 5.14. The number of hydrogen-bond donors (Lipinski definition) is 0. The van der Waals surface area contributed by atoms with Crippen molar-refractivity contribution in [2.24, 2.45) is 0 Å². The number of methoxy groups -OCH3 is 1. The van der Waals surface area contributed by atoms with E-state index in [9.17, 15) is 13.2 Å². The van der Waals surface area contributed by atoms with E-state index in [4.69, 9.17) is 9.47 Å². The highest BCUT2D eigenvalue weighted by Gasteiger charge is 2.38. The van der Waals surface area contributed by atoms with Gasteiger partial charge in [-0.05, 0) is 74.6 Å². The number of likely N-dealkylation sites (tertiary alicyclic amines) is 1. The van der Waals surface area contributed by atoms with Gasteiger partial charge in [-0.2, -0.15) is 4.31 Å². The number of rotatable bonds is 8. The van der Waals surface area contributed by atoms with E-state index >= 15 is 0 Å². The maximum atomic E-state index is 13.5. The van der Waals surface area contributed by atoms with E-state index in [1.165, 1.54) is 0 Å². The molecule has 0 aliphatic carbocycles. The van der Waals surface area contributed by atoms with Gasteiger partial charge in [-0.3, -0.25) is 9.78 Å². The van der Waals surface area contributed by atoms with Gasteiger partial charge in [0.05, 0.1) is 24.9 Å². The van der Waals surface area contributed by atoms with E-state index in [0.29, 0.717) is 36.5 Å². The Hall–Kier alpha value is -3.27. The van der Waals surface area contributed by atoms with Crippen molar-refractivity contribution < 1.29 is 22.7 Å². The number of carbonyl (C=O) groups excluding carboxylic acids is 1. The van der Waals surface area contributed by atoms with Crippen molar-refractivity contribution in [2.45, 2.75) is 57.6 Å². The highest BCUT2D eigenvalue weighted by atomic mass is 32.2. The number of sulfonamides is 1. The molecule has 0 N–H and O–H groups in total. The standard InChI is InChI=1S/C31H37N3O5S/c1-21-10-11-22(2)27(15-21)31(35)33-18-29(38-4)30(19-33)39-26-8-5-7-24(16-26)20-40(36,37)34-14-6-9-28(34)25-13-12-23(3)32-17-25/h5,7-8,10-13,15-17,28-30H,6,9,14,18-20H2,1-4H3/t28?,29-,30-/m1/s1. The van der Waals surface area contributed by atoms with Crippen LogP contribution in [-0.2, 0) is 20.5 Å². The second kappa shape index (κ2) is 11.7. The molecule has 2 aromatic carbocycles.